The summed E-state index contributed by atoms with van der Waals surface area (Å²) < 4.78 is 10.8. The second kappa shape index (κ2) is 5.24. The normalized spacial score (nSPS) is 11.0. The van der Waals surface area contributed by atoms with E-state index in [0.717, 1.165) is 39.2 Å². The third kappa shape index (κ3) is 2.24. The molecule has 4 aromatic rings. The first-order valence-electron chi connectivity index (χ1n) is 7.10. The standard InChI is InChI=1S/C17H14N4O2/c1-22-12-4-3-10-5-11(6-15(23-2)13(10)7-12)16-20-14-8-18-9-19-17(14)21-16/h3-9H,1-2H3,(H,18,19,20,21). The molecule has 0 atom stereocenters. The number of methoxy groups -OCH3 is 2. The third-order valence-electron chi connectivity index (χ3n) is 3.78. The van der Waals surface area contributed by atoms with Crippen molar-refractivity contribution < 1.29 is 9.47 Å². The Hall–Kier alpha value is -3.15. The van der Waals surface area contributed by atoms with E-state index < -0.39 is 0 Å². The highest BCUT2D eigenvalue weighted by atomic mass is 16.5. The third-order valence-corrected chi connectivity index (χ3v) is 3.78. The Labute approximate surface area is 132 Å². The number of imidazole rings is 1. The summed E-state index contributed by atoms with van der Waals surface area (Å²) in [6, 6.07) is 9.90. The monoisotopic (exact) mass is 306 g/mol. The van der Waals surface area contributed by atoms with Gasteiger partial charge in [-0.2, -0.15) is 0 Å². The summed E-state index contributed by atoms with van der Waals surface area (Å²) in [5.41, 5.74) is 2.37. The smallest absolute Gasteiger partial charge is 0.161 e. The molecule has 0 saturated carbocycles. The predicted molar refractivity (Wildman–Crippen MR) is 87.7 cm³/mol. The van der Waals surface area contributed by atoms with Crippen LogP contribution in [0.4, 0.5) is 0 Å². The van der Waals surface area contributed by atoms with E-state index >= 15 is 0 Å². The number of rotatable bonds is 3. The average Bonchev–Trinajstić information content (AvgIpc) is 3.04. The number of fused-ring (bicyclic) bond motifs is 2. The molecule has 2 heterocycles. The van der Waals surface area contributed by atoms with Crippen LogP contribution < -0.4 is 9.47 Å². The van der Waals surface area contributed by atoms with Crippen LogP contribution in [0, 0.1) is 0 Å². The van der Waals surface area contributed by atoms with Crippen LogP contribution >= 0.6 is 0 Å². The molecule has 0 radical (unpaired) electrons. The van der Waals surface area contributed by atoms with E-state index in [9.17, 15) is 0 Å². The van der Waals surface area contributed by atoms with Crippen molar-refractivity contribution in [1.29, 1.82) is 0 Å². The van der Waals surface area contributed by atoms with Gasteiger partial charge in [0.25, 0.3) is 0 Å². The molecule has 4 rings (SSSR count). The van der Waals surface area contributed by atoms with Gasteiger partial charge in [-0.3, -0.25) is 0 Å². The number of aromatic amines is 1. The molecule has 1 N–H and O–H groups in total. The van der Waals surface area contributed by atoms with Gasteiger partial charge < -0.3 is 14.5 Å². The van der Waals surface area contributed by atoms with Crippen molar-refractivity contribution in [2.75, 3.05) is 14.2 Å². The highest BCUT2D eigenvalue weighted by molar-refractivity contribution is 5.93. The number of hydrogen-bond donors (Lipinski definition) is 1. The molecule has 0 saturated heterocycles. The minimum Gasteiger partial charge on any atom is -0.497 e. The summed E-state index contributed by atoms with van der Waals surface area (Å²) >= 11 is 0. The van der Waals surface area contributed by atoms with Gasteiger partial charge in [-0.15, -0.1) is 0 Å². The molecule has 0 amide bonds. The number of hydrogen-bond acceptors (Lipinski definition) is 5. The molecule has 2 aromatic carbocycles. The van der Waals surface area contributed by atoms with Crippen molar-refractivity contribution in [2.24, 2.45) is 0 Å². The summed E-state index contributed by atoms with van der Waals surface area (Å²) in [5, 5.41) is 2.04. The van der Waals surface area contributed by atoms with Gasteiger partial charge in [0.1, 0.15) is 29.2 Å². The molecule has 0 fully saturated rings. The van der Waals surface area contributed by atoms with Gasteiger partial charge in [0.2, 0.25) is 0 Å². The zero-order valence-electron chi connectivity index (χ0n) is 12.7. The molecule has 0 aliphatic heterocycles. The number of H-pyrrole nitrogens is 1. The maximum absolute atomic E-state index is 5.54. The molecule has 0 unspecified atom stereocenters. The van der Waals surface area contributed by atoms with Crippen molar-refractivity contribution in [2.45, 2.75) is 0 Å². The lowest BCUT2D eigenvalue weighted by Crippen LogP contribution is -1.90. The Balaban J connectivity index is 1.93. The predicted octanol–water partition coefficient (Wildman–Crippen LogP) is 3.19. The van der Waals surface area contributed by atoms with Gasteiger partial charge in [0.05, 0.1) is 20.4 Å². The number of benzene rings is 2. The molecule has 0 bridgehead atoms. The van der Waals surface area contributed by atoms with E-state index in [1.807, 2.05) is 24.3 Å². The number of aromatic nitrogens is 4. The fourth-order valence-electron chi connectivity index (χ4n) is 2.63. The number of nitrogens with zero attached hydrogens (tertiary/aromatic N) is 3. The van der Waals surface area contributed by atoms with E-state index in [1.54, 1.807) is 20.4 Å². The van der Waals surface area contributed by atoms with Crippen LogP contribution in [-0.4, -0.2) is 34.2 Å². The second-order valence-electron chi connectivity index (χ2n) is 5.11. The molecule has 0 spiro atoms. The van der Waals surface area contributed by atoms with Crippen LogP contribution in [0.1, 0.15) is 0 Å². The van der Waals surface area contributed by atoms with Crippen molar-refractivity contribution in [3.05, 3.63) is 42.9 Å². The van der Waals surface area contributed by atoms with Crippen molar-refractivity contribution in [1.82, 2.24) is 19.9 Å². The molecule has 0 aliphatic rings. The largest absolute Gasteiger partial charge is 0.497 e. The summed E-state index contributed by atoms with van der Waals surface area (Å²) in [7, 11) is 3.31. The highest BCUT2D eigenvalue weighted by Gasteiger charge is 2.11. The van der Waals surface area contributed by atoms with E-state index in [2.05, 4.69) is 26.0 Å². The maximum Gasteiger partial charge on any atom is 0.161 e. The number of ether oxygens (including phenoxy) is 2. The Morgan fingerprint density at radius 3 is 2.74 bits per heavy atom. The molecule has 2 aromatic heterocycles. The first-order valence-corrected chi connectivity index (χ1v) is 7.10. The van der Waals surface area contributed by atoms with Gasteiger partial charge in [-0.05, 0) is 29.7 Å². The average molecular weight is 306 g/mol. The summed E-state index contributed by atoms with van der Waals surface area (Å²) in [5.74, 6) is 2.29. The molecule has 23 heavy (non-hydrogen) atoms. The fourth-order valence-corrected chi connectivity index (χ4v) is 2.63. The van der Waals surface area contributed by atoms with Crippen LogP contribution in [0.5, 0.6) is 11.5 Å². The molecule has 114 valence electrons. The molecule has 0 aliphatic carbocycles. The molecule has 6 nitrogen and oxygen atoms in total. The molecular formula is C17H14N4O2. The highest BCUT2D eigenvalue weighted by Crippen LogP contribution is 2.34. The van der Waals surface area contributed by atoms with Crippen molar-refractivity contribution in [3.8, 4) is 22.9 Å². The van der Waals surface area contributed by atoms with Crippen LogP contribution in [0.25, 0.3) is 33.3 Å². The summed E-state index contributed by atoms with van der Waals surface area (Å²) in [4.78, 5) is 15.9. The minimum atomic E-state index is 0.712. The summed E-state index contributed by atoms with van der Waals surface area (Å²) in [6.45, 7) is 0. The zero-order valence-corrected chi connectivity index (χ0v) is 12.7. The quantitative estimate of drug-likeness (QED) is 0.629. The lowest BCUT2D eigenvalue weighted by atomic mass is 10.0. The Morgan fingerprint density at radius 1 is 1.04 bits per heavy atom. The van der Waals surface area contributed by atoms with Crippen LogP contribution in [0.15, 0.2) is 42.9 Å². The van der Waals surface area contributed by atoms with E-state index in [1.165, 1.54) is 6.33 Å². The van der Waals surface area contributed by atoms with Gasteiger partial charge in [-0.25, -0.2) is 15.0 Å². The van der Waals surface area contributed by atoms with Crippen LogP contribution in [0.3, 0.4) is 0 Å². The van der Waals surface area contributed by atoms with Crippen molar-refractivity contribution >= 4 is 21.9 Å². The SMILES string of the molecule is COc1ccc2cc(-c3nc4cncnc4[nH]3)cc(OC)c2c1. The van der Waals surface area contributed by atoms with Gasteiger partial charge in [-0.1, -0.05) is 6.07 Å². The lowest BCUT2D eigenvalue weighted by molar-refractivity contribution is 0.412. The second-order valence-corrected chi connectivity index (χ2v) is 5.11. The fraction of sp³-hybridized carbons (Fsp3) is 0.118. The van der Waals surface area contributed by atoms with E-state index in [0.29, 0.717) is 5.65 Å². The molecular weight excluding hydrogens is 292 g/mol. The van der Waals surface area contributed by atoms with Gasteiger partial charge in [0.15, 0.2) is 5.65 Å². The van der Waals surface area contributed by atoms with Crippen LogP contribution in [0.2, 0.25) is 0 Å². The first-order chi connectivity index (χ1) is 11.3. The molecule has 6 heteroatoms. The van der Waals surface area contributed by atoms with E-state index in [-0.39, 0.29) is 0 Å². The van der Waals surface area contributed by atoms with E-state index in [4.69, 9.17) is 9.47 Å². The topological polar surface area (TPSA) is 72.9 Å². The minimum absolute atomic E-state index is 0.712. The Bertz CT molecular complexity index is 977. The van der Waals surface area contributed by atoms with Gasteiger partial charge in [0, 0.05) is 10.9 Å². The van der Waals surface area contributed by atoms with Crippen molar-refractivity contribution in [3.63, 3.8) is 0 Å². The Morgan fingerprint density at radius 2 is 1.96 bits per heavy atom. The van der Waals surface area contributed by atoms with Gasteiger partial charge >= 0.3 is 0 Å². The lowest BCUT2D eigenvalue weighted by Gasteiger charge is -2.09. The zero-order chi connectivity index (χ0) is 15.8. The Kier molecular flexibility index (Phi) is 3.08. The van der Waals surface area contributed by atoms with Crippen LogP contribution in [-0.2, 0) is 0 Å². The first kappa shape index (κ1) is 13.5. The number of nitrogens with one attached hydrogen (secondary N) is 1. The summed E-state index contributed by atoms with van der Waals surface area (Å²) in [6.07, 6.45) is 3.18. The maximum atomic E-state index is 5.54.